The molecule has 0 radical (unpaired) electrons. The minimum atomic E-state index is -0.581. The summed E-state index contributed by atoms with van der Waals surface area (Å²) < 4.78 is 29.7. The molecule has 2 aromatic carbocycles. The molecule has 0 amide bonds. The van der Waals surface area contributed by atoms with Gasteiger partial charge in [0.1, 0.15) is 11.6 Å². The predicted octanol–water partition coefficient (Wildman–Crippen LogP) is 4.83. The third kappa shape index (κ3) is 3.04. The number of benzene rings is 2. The number of anilines is 1. The Balaban J connectivity index is 1.89. The molecule has 0 atom stereocenters. The van der Waals surface area contributed by atoms with Gasteiger partial charge in [0.25, 0.3) is 0 Å². The molecular formula is C17H13BrF2N2. The Bertz CT molecular complexity index is 827. The average Bonchev–Trinajstić information content (AvgIpc) is 2.91. The number of hydrogen-bond donors (Lipinski definition) is 1. The average molecular weight is 363 g/mol. The van der Waals surface area contributed by atoms with Crippen LogP contribution in [0.4, 0.5) is 14.5 Å². The molecule has 3 aromatic rings. The van der Waals surface area contributed by atoms with E-state index in [0.717, 1.165) is 16.1 Å². The molecule has 0 saturated carbocycles. The van der Waals surface area contributed by atoms with Gasteiger partial charge < -0.3 is 10.3 Å². The first-order valence-corrected chi connectivity index (χ1v) is 7.47. The standard InChI is InChI=1S/C17H13BrF2N2/c18-13-1-4-17(21)12(7-13)10-22-6-5-11(9-22)15-3-2-14(19)8-16(15)20/h1-9H,10,21H2. The van der Waals surface area contributed by atoms with Gasteiger partial charge in [0.15, 0.2) is 0 Å². The number of nitrogens with zero attached hydrogens (tertiary/aromatic N) is 1. The molecule has 0 bridgehead atoms. The van der Waals surface area contributed by atoms with Gasteiger partial charge in [-0.15, -0.1) is 0 Å². The van der Waals surface area contributed by atoms with Crippen LogP contribution in [0.5, 0.6) is 0 Å². The number of hydrogen-bond acceptors (Lipinski definition) is 1. The Kier molecular flexibility index (Phi) is 3.98. The van der Waals surface area contributed by atoms with E-state index in [2.05, 4.69) is 15.9 Å². The summed E-state index contributed by atoms with van der Waals surface area (Å²) in [5.41, 5.74) is 8.71. The van der Waals surface area contributed by atoms with Crippen LogP contribution in [0, 0.1) is 11.6 Å². The van der Waals surface area contributed by atoms with Gasteiger partial charge in [-0.25, -0.2) is 8.78 Å². The lowest BCUT2D eigenvalue weighted by Gasteiger charge is -2.07. The second-order valence-electron chi connectivity index (χ2n) is 5.04. The molecule has 22 heavy (non-hydrogen) atoms. The third-order valence-corrected chi connectivity index (χ3v) is 3.94. The van der Waals surface area contributed by atoms with Crippen LogP contribution >= 0.6 is 15.9 Å². The van der Waals surface area contributed by atoms with Gasteiger partial charge in [-0.1, -0.05) is 15.9 Å². The monoisotopic (exact) mass is 362 g/mol. The molecule has 5 heteroatoms. The summed E-state index contributed by atoms with van der Waals surface area (Å²) in [6, 6.07) is 11.0. The number of rotatable bonds is 3. The largest absolute Gasteiger partial charge is 0.398 e. The van der Waals surface area contributed by atoms with Crippen LogP contribution < -0.4 is 5.73 Å². The van der Waals surface area contributed by atoms with E-state index < -0.39 is 11.6 Å². The molecule has 3 rings (SSSR count). The van der Waals surface area contributed by atoms with Gasteiger partial charge in [0.05, 0.1) is 0 Å². The molecule has 0 aliphatic heterocycles. The van der Waals surface area contributed by atoms with Crippen molar-refractivity contribution in [1.82, 2.24) is 4.57 Å². The van der Waals surface area contributed by atoms with E-state index in [0.29, 0.717) is 23.4 Å². The molecule has 0 aliphatic carbocycles. The molecule has 2 N–H and O–H groups in total. The normalized spacial score (nSPS) is 10.9. The highest BCUT2D eigenvalue weighted by Gasteiger charge is 2.08. The second kappa shape index (κ2) is 5.93. The summed E-state index contributed by atoms with van der Waals surface area (Å²) in [5.74, 6) is -1.15. The van der Waals surface area contributed by atoms with Crippen molar-refractivity contribution in [2.75, 3.05) is 5.73 Å². The van der Waals surface area contributed by atoms with Crippen LogP contribution in [-0.4, -0.2) is 4.57 Å². The fourth-order valence-electron chi connectivity index (χ4n) is 2.33. The Labute approximate surface area is 135 Å². The SMILES string of the molecule is Nc1ccc(Br)cc1Cn1ccc(-c2ccc(F)cc2F)c1. The topological polar surface area (TPSA) is 30.9 Å². The molecule has 0 saturated heterocycles. The van der Waals surface area contributed by atoms with E-state index in [9.17, 15) is 8.78 Å². The maximum absolute atomic E-state index is 13.8. The number of nitrogens with two attached hydrogens (primary N) is 1. The van der Waals surface area contributed by atoms with E-state index in [1.807, 2.05) is 35.2 Å². The lowest BCUT2D eigenvalue weighted by molar-refractivity contribution is 0.585. The Morgan fingerprint density at radius 1 is 1.05 bits per heavy atom. The first-order chi connectivity index (χ1) is 10.5. The maximum atomic E-state index is 13.8. The van der Waals surface area contributed by atoms with Gasteiger partial charge in [0.2, 0.25) is 0 Å². The second-order valence-corrected chi connectivity index (χ2v) is 5.96. The maximum Gasteiger partial charge on any atom is 0.133 e. The minimum absolute atomic E-state index is 0.377. The highest BCUT2D eigenvalue weighted by molar-refractivity contribution is 9.10. The van der Waals surface area contributed by atoms with E-state index in [-0.39, 0.29) is 0 Å². The van der Waals surface area contributed by atoms with Crippen LogP contribution in [0.1, 0.15) is 5.56 Å². The summed E-state index contributed by atoms with van der Waals surface area (Å²) >= 11 is 3.42. The number of halogens is 3. The van der Waals surface area contributed by atoms with Crippen molar-refractivity contribution in [1.29, 1.82) is 0 Å². The lowest BCUT2D eigenvalue weighted by atomic mass is 10.1. The van der Waals surface area contributed by atoms with Crippen molar-refractivity contribution in [2.24, 2.45) is 0 Å². The van der Waals surface area contributed by atoms with Crippen molar-refractivity contribution in [3.63, 3.8) is 0 Å². The molecule has 1 aromatic heterocycles. The van der Waals surface area contributed by atoms with Crippen molar-refractivity contribution in [3.05, 3.63) is 76.5 Å². The summed E-state index contributed by atoms with van der Waals surface area (Å²) in [6.07, 6.45) is 3.66. The quantitative estimate of drug-likeness (QED) is 0.665. The van der Waals surface area contributed by atoms with Gasteiger partial charge in [-0.05, 0) is 42.0 Å². The fourth-order valence-corrected chi connectivity index (χ4v) is 2.74. The van der Waals surface area contributed by atoms with E-state index in [1.54, 1.807) is 6.07 Å². The van der Waals surface area contributed by atoms with Crippen LogP contribution in [0.3, 0.4) is 0 Å². The van der Waals surface area contributed by atoms with Crippen LogP contribution in [0.25, 0.3) is 11.1 Å². The predicted molar refractivity (Wildman–Crippen MR) is 87.4 cm³/mol. The molecule has 1 heterocycles. The zero-order valence-corrected chi connectivity index (χ0v) is 13.1. The van der Waals surface area contributed by atoms with Gasteiger partial charge in [-0.3, -0.25) is 0 Å². The highest BCUT2D eigenvalue weighted by Crippen LogP contribution is 2.25. The van der Waals surface area contributed by atoms with Crippen molar-refractivity contribution in [3.8, 4) is 11.1 Å². The van der Waals surface area contributed by atoms with E-state index in [4.69, 9.17) is 5.73 Å². The van der Waals surface area contributed by atoms with Crippen molar-refractivity contribution in [2.45, 2.75) is 6.54 Å². The Morgan fingerprint density at radius 3 is 2.64 bits per heavy atom. The third-order valence-electron chi connectivity index (χ3n) is 3.45. The molecule has 112 valence electrons. The first kappa shape index (κ1) is 14.8. The molecule has 2 nitrogen and oxygen atoms in total. The number of nitrogen functional groups attached to an aromatic ring is 1. The summed E-state index contributed by atoms with van der Waals surface area (Å²) in [5, 5.41) is 0. The van der Waals surface area contributed by atoms with Gasteiger partial charge >= 0.3 is 0 Å². The minimum Gasteiger partial charge on any atom is -0.398 e. The zero-order valence-electron chi connectivity index (χ0n) is 11.6. The summed E-state index contributed by atoms with van der Waals surface area (Å²) in [4.78, 5) is 0. The van der Waals surface area contributed by atoms with Crippen LogP contribution in [-0.2, 0) is 6.54 Å². The molecule has 0 aliphatic rings. The Morgan fingerprint density at radius 2 is 1.86 bits per heavy atom. The number of aromatic nitrogens is 1. The summed E-state index contributed by atoms with van der Waals surface area (Å²) in [7, 11) is 0. The van der Waals surface area contributed by atoms with E-state index >= 15 is 0 Å². The highest BCUT2D eigenvalue weighted by atomic mass is 79.9. The van der Waals surface area contributed by atoms with Crippen LogP contribution in [0.2, 0.25) is 0 Å². The Hall–Kier alpha value is -2.14. The molecule has 0 unspecified atom stereocenters. The molecular weight excluding hydrogens is 350 g/mol. The fraction of sp³-hybridized carbons (Fsp3) is 0.0588. The molecule has 0 fully saturated rings. The van der Waals surface area contributed by atoms with Gasteiger partial charge in [-0.2, -0.15) is 0 Å². The first-order valence-electron chi connectivity index (χ1n) is 6.68. The van der Waals surface area contributed by atoms with Gasteiger partial charge in [0, 0.05) is 46.3 Å². The van der Waals surface area contributed by atoms with Crippen LogP contribution in [0.15, 0.2) is 59.3 Å². The smallest absolute Gasteiger partial charge is 0.133 e. The zero-order chi connectivity index (χ0) is 15.7. The van der Waals surface area contributed by atoms with Crippen molar-refractivity contribution < 1.29 is 8.78 Å². The van der Waals surface area contributed by atoms with Crippen molar-refractivity contribution >= 4 is 21.6 Å². The van der Waals surface area contributed by atoms with E-state index in [1.165, 1.54) is 12.1 Å². The molecule has 0 spiro atoms. The summed E-state index contributed by atoms with van der Waals surface area (Å²) in [6.45, 7) is 0.577. The lowest BCUT2D eigenvalue weighted by Crippen LogP contribution is -2.00.